The van der Waals surface area contributed by atoms with Crippen LogP contribution in [0.1, 0.15) is 24.0 Å². The van der Waals surface area contributed by atoms with Gasteiger partial charge in [0.25, 0.3) is 0 Å². The van der Waals surface area contributed by atoms with Crippen LogP contribution < -0.4 is 14.5 Å². The van der Waals surface area contributed by atoms with E-state index in [0.717, 1.165) is 41.5 Å². The van der Waals surface area contributed by atoms with E-state index in [1.165, 1.54) is 31.0 Å². The molecule has 2 heterocycles. The molecule has 1 aliphatic rings. The normalized spacial score (nSPS) is 13.6. The molecule has 1 unspecified atom stereocenters. The molecule has 1 saturated heterocycles. The quantitative estimate of drug-likeness (QED) is 0.144. The van der Waals surface area contributed by atoms with Crippen LogP contribution in [0.3, 0.4) is 0 Å². The molecular weight excluding hydrogens is 592 g/mol. The van der Waals surface area contributed by atoms with Gasteiger partial charge in [-0.15, -0.1) is 5.10 Å². The molecule has 0 amide bonds. The van der Waals surface area contributed by atoms with Gasteiger partial charge in [-0.3, -0.25) is 0 Å². The van der Waals surface area contributed by atoms with E-state index in [1.54, 1.807) is 24.3 Å². The van der Waals surface area contributed by atoms with Gasteiger partial charge < -0.3 is 14.5 Å². The van der Waals surface area contributed by atoms with Crippen LogP contribution in [0.5, 0.6) is 5.75 Å². The fraction of sp³-hybridized carbons (Fsp3) is 0.222. The highest BCUT2D eigenvalue weighted by atomic mass is 127. The molecule has 5 nitrogen and oxygen atoms in total. The number of anilines is 3. The molecule has 0 radical (unpaired) electrons. The van der Waals surface area contributed by atoms with Crippen LogP contribution in [0.2, 0.25) is 0 Å². The Hall–Kier alpha value is -2.71. The molecule has 1 aliphatic heterocycles. The molecule has 186 valence electrons. The van der Waals surface area contributed by atoms with E-state index in [-0.39, 0.29) is 18.2 Å². The summed E-state index contributed by atoms with van der Waals surface area (Å²) in [4.78, 5) is 4.38. The van der Waals surface area contributed by atoms with Gasteiger partial charge in [0.15, 0.2) is 17.4 Å². The van der Waals surface area contributed by atoms with E-state index in [4.69, 9.17) is 9.84 Å². The highest BCUT2D eigenvalue weighted by molar-refractivity contribution is 14.2. The zero-order chi connectivity index (χ0) is 24.9. The van der Waals surface area contributed by atoms with Gasteiger partial charge in [0.1, 0.15) is 18.2 Å². The molecule has 1 atom stereocenters. The molecule has 3 aromatic carbocycles. The molecule has 36 heavy (non-hydrogen) atoms. The third kappa shape index (κ3) is 5.81. The van der Waals surface area contributed by atoms with E-state index >= 15 is 0 Å². The van der Waals surface area contributed by atoms with Crippen molar-refractivity contribution in [2.75, 3.05) is 22.9 Å². The summed E-state index contributed by atoms with van der Waals surface area (Å²) in [6.07, 6.45) is 2.79. The second-order valence-corrected chi connectivity index (χ2v) is 10.7. The molecule has 0 spiro atoms. The van der Waals surface area contributed by atoms with Gasteiger partial charge in [-0.1, -0.05) is 42.5 Å². The Morgan fingerprint density at radius 3 is 2.39 bits per heavy atom. The number of ether oxygens (including phenoxy) is 1. The number of nitrogens with zero attached hydrogens (tertiary/aromatic N) is 4. The standard InChI is InChI=1S/C27H26F2IN4OP/c28-22-10-8-20(9-11-22)18-33(26-17-27(34(31-26)36-30)32-14-4-5-15-32)23-12-13-24(29)25(16-23)35-19-21-6-2-1-3-7-21/h1-3,6-13,16-17,36H,4-5,14-15,18-19H2. The number of hydrogen-bond acceptors (Lipinski definition) is 4. The first-order valence-corrected chi connectivity index (χ1v) is 15.9. The van der Waals surface area contributed by atoms with Crippen LogP contribution >= 0.6 is 28.4 Å². The lowest BCUT2D eigenvalue weighted by Crippen LogP contribution is -2.19. The summed E-state index contributed by atoms with van der Waals surface area (Å²) in [7, 11) is 0. The van der Waals surface area contributed by atoms with Crippen LogP contribution in [0.25, 0.3) is 0 Å². The summed E-state index contributed by atoms with van der Waals surface area (Å²) in [5.74, 6) is 1.31. The molecule has 9 heteroatoms. The first kappa shape index (κ1) is 25.0. The van der Waals surface area contributed by atoms with Crippen molar-refractivity contribution in [1.29, 1.82) is 0 Å². The SMILES string of the molecule is Fc1ccc(CN(c2ccc(F)c(OCc3ccccc3)c2)c2cc(N3CCCC3)n(PI)n2)cc1. The lowest BCUT2D eigenvalue weighted by molar-refractivity contribution is 0.290. The average molecular weight is 618 g/mol. The summed E-state index contributed by atoms with van der Waals surface area (Å²) in [5.41, 5.74) is 2.63. The van der Waals surface area contributed by atoms with E-state index in [2.05, 4.69) is 33.0 Å². The maximum atomic E-state index is 14.7. The van der Waals surface area contributed by atoms with Crippen molar-refractivity contribution in [3.8, 4) is 5.75 Å². The van der Waals surface area contributed by atoms with Crippen LogP contribution in [0.15, 0.2) is 78.9 Å². The zero-order valence-corrected chi connectivity index (χ0v) is 22.7. The van der Waals surface area contributed by atoms with Crippen molar-refractivity contribution in [3.63, 3.8) is 0 Å². The summed E-state index contributed by atoms with van der Waals surface area (Å²) < 4.78 is 36.2. The minimum atomic E-state index is -0.423. The lowest BCUT2D eigenvalue weighted by Gasteiger charge is -2.23. The van der Waals surface area contributed by atoms with Gasteiger partial charge in [-0.05, 0) is 70.3 Å². The molecule has 5 rings (SSSR count). The van der Waals surface area contributed by atoms with E-state index in [1.807, 2.05) is 39.7 Å². The second-order valence-electron chi connectivity index (χ2n) is 8.65. The number of benzene rings is 3. The third-order valence-electron chi connectivity index (χ3n) is 6.18. The largest absolute Gasteiger partial charge is 0.486 e. The van der Waals surface area contributed by atoms with E-state index < -0.39 is 5.82 Å². The smallest absolute Gasteiger partial charge is 0.165 e. The van der Waals surface area contributed by atoms with Gasteiger partial charge in [0.2, 0.25) is 0 Å². The summed E-state index contributed by atoms with van der Waals surface area (Å²) in [6, 6.07) is 23.1. The molecule has 1 fully saturated rings. The Labute approximate surface area is 224 Å². The van der Waals surface area contributed by atoms with Crippen LogP contribution in [-0.4, -0.2) is 22.6 Å². The molecule has 0 N–H and O–H groups in total. The number of rotatable bonds is 9. The molecule has 1 aromatic heterocycles. The second kappa shape index (κ2) is 11.6. The Morgan fingerprint density at radius 2 is 1.67 bits per heavy atom. The highest BCUT2D eigenvalue weighted by Gasteiger charge is 2.22. The fourth-order valence-electron chi connectivity index (χ4n) is 4.31. The van der Waals surface area contributed by atoms with Gasteiger partial charge in [-0.25, -0.2) is 13.2 Å². The van der Waals surface area contributed by atoms with Crippen LogP contribution in [-0.2, 0) is 13.2 Å². The molecule has 0 bridgehead atoms. The third-order valence-corrected chi connectivity index (χ3v) is 8.04. The van der Waals surface area contributed by atoms with Crippen molar-refractivity contribution in [2.45, 2.75) is 26.0 Å². The first-order valence-electron chi connectivity index (χ1n) is 11.8. The van der Waals surface area contributed by atoms with Gasteiger partial charge >= 0.3 is 0 Å². The zero-order valence-electron chi connectivity index (χ0n) is 19.6. The number of hydrogen-bond donors (Lipinski definition) is 0. The monoisotopic (exact) mass is 618 g/mol. The Balaban J connectivity index is 1.49. The van der Waals surface area contributed by atoms with Crippen LogP contribution in [0, 0.1) is 11.6 Å². The number of halogens is 3. The van der Waals surface area contributed by atoms with Crippen molar-refractivity contribution >= 4 is 45.7 Å². The molecular formula is C27H26F2IN4OP. The predicted molar refractivity (Wildman–Crippen MR) is 151 cm³/mol. The van der Waals surface area contributed by atoms with E-state index in [0.29, 0.717) is 12.9 Å². The Morgan fingerprint density at radius 1 is 0.917 bits per heavy atom. The minimum Gasteiger partial charge on any atom is -0.486 e. The van der Waals surface area contributed by atoms with E-state index in [9.17, 15) is 8.78 Å². The lowest BCUT2D eigenvalue weighted by atomic mass is 10.2. The molecule has 0 aliphatic carbocycles. The highest BCUT2D eigenvalue weighted by Crippen LogP contribution is 2.38. The Bertz CT molecular complexity index is 1300. The van der Waals surface area contributed by atoms with Crippen molar-refractivity contribution in [1.82, 2.24) is 9.55 Å². The average Bonchev–Trinajstić information content (AvgIpc) is 3.59. The van der Waals surface area contributed by atoms with Crippen molar-refractivity contribution < 1.29 is 13.5 Å². The Kier molecular flexibility index (Phi) is 8.02. The van der Waals surface area contributed by atoms with Crippen molar-refractivity contribution in [3.05, 3.63) is 102 Å². The molecule has 0 saturated carbocycles. The summed E-state index contributed by atoms with van der Waals surface area (Å²) in [6.45, 7) is 2.74. The maximum absolute atomic E-state index is 14.7. The maximum Gasteiger partial charge on any atom is 0.165 e. The van der Waals surface area contributed by atoms with Crippen LogP contribution in [0.4, 0.5) is 26.1 Å². The number of aromatic nitrogens is 2. The fourth-order valence-corrected chi connectivity index (χ4v) is 5.81. The first-order chi connectivity index (χ1) is 17.6. The summed E-state index contributed by atoms with van der Waals surface area (Å²) >= 11 is 2.34. The minimum absolute atomic E-state index is 0.176. The van der Waals surface area contributed by atoms with Gasteiger partial charge in [0, 0.05) is 37.5 Å². The van der Waals surface area contributed by atoms with Gasteiger partial charge in [-0.2, -0.15) is 0 Å². The molecule has 4 aromatic rings. The van der Waals surface area contributed by atoms with Gasteiger partial charge in [0.05, 0.1) is 6.37 Å². The van der Waals surface area contributed by atoms with Crippen molar-refractivity contribution in [2.24, 2.45) is 0 Å². The topological polar surface area (TPSA) is 33.5 Å². The predicted octanol–water partition coefficient (Wildman–Crippen LogP) is 7.47. The summed E-state index contributed by atoms with van der Waals surface area (Å²) in [5, 5.41) is 4.91.